The van der Waals surface area contributed by atoms with Gasteiger partial charge >= 0.3 is 11.3 Å². The predicted octanol–water partition coefficient (Wildman–Crippen LogP) is -1.42. The maximum Gasteiger partial charge on any atom is 0.416 e. The highest BCUT2D eigenvalue weighted by atomic mass is 79.9. The SMILES string of the molecule is NC1=[N+](c2cccc(C(F)(F)F)c2)C2CS(=O)(=O)CC2S1.[Br-]. The molecule has 1 aromatic rings. The predicted molar refractivity (Wildman–Crippen MR) is 74.4 cm³/mol. The van der Waals surface area contributed by atoms with Crippen molar-refractivity contribution in [3.05, 3.63) is 29.8 Å². The highest BCUT2D eigenvalue weighted by Gasteiger charge is 2.50. The number of halogens is 4. The van der Waals surface area contributed by atoms with E-state index in [1.165, 1.54) is 28.5 Å². The molecule has 1 fully saturated rings. The van der Waals surface area contributed by atoms with Crippen LogP contribution >= 0.6 is 11.8 Å². The van der Waals surface area contributed by atoms with Crippen LogP contribution in [0.2, 0.25) is 0 Å². The summed E-state index contributed by atoms with van der Waals surface area (Å²) < 4.78 is 63.2. The Kier molecular flexibility index (Phi) is 4.58. The summed E-state index contributed by atoms with van der Waals surface area (Å²) in [5.74, 6) is -0.0693. The summed E-state index contributed by atoms with van der Waals surface area (Å²) in [7, 11) is -3.16. The largest absolute Gasteiger partial charge is 1.00 e. The van der Waals surface area contributed by atoms with E-state index in [9.17, 15) is 21.6 Å². The van der Waals surface area contributed by atoms with E-state index in [0.717, 1.165) is 12.1 Å². The molecule has 22 heavy (non-hydrogen) atoms. The van der Waals surface area contributed by atoms with Gasteiger partial charge in [0.2, 0.25) is 0 Å². The molecule has 1 saturated heterocycles. The van der Waals surface area contributed by atoms with Crippen LogP contribution in [0.5, 0.6) is 0 Å². The fourth-order valence-electron chi connectivity index (χ4n) is 2.68. The number of nitrogens with zero attached hydrogens (tertiary/aromatic N) is 1. The van der Waals surface area contributed by atoms with Crippen molar-refractivity contribution in [3.63, 3.8) is 0 Å². The van der Waals surface area contributed by atoms with Crippen LogP contribution in [-0.2, 0) is 16.0 Å². The van der Waals surface area contributed by atoms with E-state index in [1.54, 1.807) is 0 Å². The van der Waals surface area contributed by atoms with Gasteiger partial charge < -0.3 is 17.0 Å². The zero-order valence-electron chi connectivity index (χ0n) is 11.0. The van der Waals surface area contributed by atoms with Crippen molar-refractivity contribution in [1.29, 1.82) is 0 Å². The Morgan fingerprint density at radius 3 is 2.59 bits per heavy atom. The van der Waals surface area contributed by atoms with Crippen molar-refractivity contribution < 1.29 is 43.1 Å². The number of hydrogen-bond donors (Lipinski definition) is 1. The lowest BCUT2D eigenvalue weighted by atomic mass is 10.1. The third-order valence-corrected chi connectivity index (χ3v) is 6.71. The summed E-state index contributed by atoms with van der Waals surface area (Å²) in [4.78, 5) is 0. The van der Waals surface area contributed by atoms with E-state index in [4.69, 9.17) is 5.73 Å². The standard InChI is InChI=1S/C12H11F3N2O2S2.BrH/c13-12(14,15)7-2-1-3-8(4-7)17-9-5-21(18,19)6-10(9)20-11(17)16;/h1-4,9-10,16H,5-6H2;1H. The second kappa shape index (κ2) is 5.72. The van der Waals surface area contributed by atoms with Crippen LogP contribution < -0.4 is 22.7 Å². The summed E-state index contributed by atoms with van der Waals surface area (Å²) in [6.07, 6.45) is -4.45. The lowest BCUT2D eigenvalue weighted by Gasteiger charge is -2.13. The van der Waals surface area contributed by atoms with Gasteiger partial charge in [0.25, 0.3) is 0 Å². The van der Waals surface area contributed by atoms with Gasteiger partial charge in [-0.25, -0.2) is 13.0 Å². The van der Waals surface area contributed by atoms with E-state index >= 15 is 0 Å². The average molecular weight is 417 g/mol. The van der Waals surface area contributed by atoms with Crippen LogP contribution in [0, 0.1) is 0 Å². The van der Waals surface area contributed by atoms with Crippen molar-refractivity contribution in [2.24, 2.45) is 5.73 Å². The van der Waals surface area contributed by atoms with Crippen LogP contribution in [0.15, 0.2) is 24.3 Å². The topological polar surface area (TPSA) is 63.2 Å². The number of thioether (sulfide) groups is 1. The molecule has 2 heterocycles. The van der Waals surface area contributed by atoms with Crippen LogP contribution in [0.25, 0.3) is 0 Å². The first-order chi connectivity index (χ1) is 9.67. The second-order valence-corrected chi connectivity index (χ2v) is 8.47. The molecule has 0 aliphatic carbocycles. The third-order valence-electron chi connectivity index (χ3n) is 3.56. The molecule has 2 aliphatic heterocycles. The minimum atomic E-state index is -4.45. The molecule has 0 amide bonds. The number of nitrogens with two attached hydrogens (primary N) is 1. The quantitative estimate of drug-likeness (QED) is 0.570. The third kappa shape index (κ3) is 3.13. The summed E-state index contributed by atoms with van der Waals surface area (Å²) >= 11 is 1.21. The Morgan fingerprint density at radius 2 is 1.95 bits per heavy atom. The maximum absolute atomic E-state index is 12.8. The second-order valence-electron chi connectivity index (χ2n) is 5.06. The molecular weight excluding hydrogens is 405 g/mol. The van der Waals surface area contributed by atoms with Crippen LogP contribution in [0.4, 0.5) is 18.9 Å². The Morgan fingerprint density at radius 1 is 1.27 bits per heavy atom. The van der Waals surface area contributed by atoms with Crippen LogP contribution in [-0.4, -0.2) is 41.0 Å². The molecule has 2 N–H and O–H groups in total. The molecule has 0 radical (unpaired) electrons. The van der Waals surface area contributed by atoms with Crippen LogP contribution in [0.1, 0.15) is 5.56 Å². The molecule has 4 nitrogen and oxygen atoms in total. The number of hydrogen-bond acceptors (Lipinski definition) is 4. The minimum Gasteiger partial charge on any atom is -1.00 e. The molecule has 2 unspecified atom stereocenters. The van der Waals surface area contributed by atoms with Gasteiger partial charge in [0.15, 0.2) is 9.84 Å². The molecule has 0 bridgehead atoms. The van der Waals surface area contributed by atoms with Crippen molar-refractivity contribution in [3.8, 4) is 0 Å². The fourth-order valence-corrected chi connectivity index (χ4v) is 6.49. The molecule has 3 rings (SSSR count). The summed E-state index contributed by atoms with van der Waals surface area (Å²) in [6.45, 7) is 0. The van der Waals surface area contributed by atoms with Gasteiger partial charge in [-0.15, -0.1) is 0 Å². The monoisotopic (exact) mass is 416 g/mol. The fraction of sp³-hybridized carbons (Fsp3) is 0.417. The summed E-state index contributed by atoms with van der Waals surface area (Å²) in [5, 5.41) is 0.128. The molecule has 122 valence electrons. The summed E-state index contributed by atoms with van der Waals surface area (Å²) in [6, 6.07) is 4.39. The van der Waals surface area contributed by atoms with Crippen molar-refractivity contribution >= 4 is 32.5 Å². The Balaban J connectivity index is 0.00000176. The van der Waals surface area contributed by atoms with Crippen molar-refractivity contribution in [2.45, 2.75) is 17.5 Å². The summed E-state index contributed by atoms with van der Waals surface area (Å²) in [5.41, 5.74) is 5.38. The number of amidine groups is 1. The first-order valence-corrected chi connectivity index (χ1v) is 8.83. The zero-order chi connectivity index (χ0) is 15.4. The average Bonchev–Trinajstić information content (AvgIpc) is 2.78. The zero-order valence-corrected chi connectivity index (χ0v) is 14.3. The number of alkyl halides is 3. The van der Waals surface area contributed by atoms with Crippen molar-refractivity contribution in [2.75, 3.05) is 11.5 Å². The molecule has 2 atom stereocenters. The molecule has 10 heteroatoms. The molecular formula is C12H12BrF3N2O2S2. The molecule has 2 aliphatic rings. The van der Waals surface area contributed by atoms with Gasteiger partial charge in [0.05, 0.1) is 22.3 Å². The minimum absolute atomic E-state index is 0. The van der Waals surface area contributed by atoms with Gasteiger partial charge in [-0.1, -0.05) is 6.07 Å². The molecule has 0 aromatic heterocycles. The van der Waals surface area contributed by atoms with E-state index in [-0.39, 0.29) is 39.4 Å². The Hall–Kier alpha value is -0.740. The maximum atomic E-state index is 12.8. The van der Waals surface area contributed by atoms with Crippen LogP contribution in [0.3, 0.4) is 0 Å². The Bertz CT molecular complexity index is 734. The lowest BCUT2D eigenvalue weighted by molar-refractivity contribution is -0.470. The van der Waals surface area contributed by atoms with E-state index in [0.29, 0.717) is 5.17 Å². The molecule has 0 spiro atoms. The number of sulfone groups is 1. The van der Waals surface area contributed by atoms with Gasteiger partial charge in [-0.3, -0.25) is 5.73 Å². The lowest BCUT2D eigenvalue weighted by Crippen LogP contribution is -3.00. The first-order valence-electron chi connectivity index (χ1n) is 6.13. The number of rotatable bonds is 1. The van der Waals surface area contributed by atoms with Gasteiger partial charge in [-0.05, 0) is 30.0 Å². The highest BCUT2D eigenvalue weighted by molar-refractivity contribution is 8.15. The Labute approximate surface area is 140 Å². The highest BCUT2D eigenvalue weighted by Crippen LogP contribution is 2.38. The molecule has 0 saturated carbocycles. The smallest absolute Gasteiger partial charge is 0.416 e. The van der Waals surface area contributed by atoms with Gasteiger partial charge in [-0.2, -0.15) is 13.2 Å². The van der Waals surface area contributed by atoms with E-state index in [1.807, 2.05) is 0 Å². The van der Waals surface area contributed by atoms with Crippen molar-refractivity contribution in [1.82, 2.24) is 0 Å². The van der Waals surface area contributed by atoms with Gasteiger partial charge in [0.1, 0.15) is 11.7 Å². The van der Waals surface area contributed by atoms with E-state index in [2.05, 4.69) is 0 Å². The first kappa shape index (κ1) is 17.6. The molecule has 1 aromatic carbocycles. The number of benzene rings is 1. The van der Waals surface area contributed by atoms with Gasteiger partial charge in [0, 0.05) is 0 Å². The van der Waals surface area contributed by atoms with E-state index < -0.39 is 27.6 Å². The number of fused-ring (bicyclic) bond motifs is 1. The normalized spacial score (nSPS) is 26.7.